The van der Waals surface area contributed by atoms with E-state index >= 15 is 0 Å². The van der Waals surface area contributed by atoms with Crippen LogP contribution < -0.4 is 10.6 Å². The van der Waals surface area contributed by atoms with Gasteiger partial charge in [-0.3, -0.25) is 5.32 Å². The average Bonchev–Trinajstić information content (AvgIpc) is 2.67. The number of nitrogens with one attached hydrogen (secondary N) is 2. The number of rotatable bonds is 2. The number of benzene rings is 1. The Bertz CT molecular complexity index is 333. The minimum absolute atomic E-state index is 0.257. The topological polar surface area (TPSA) is 44.3 Å². The molecule has 0 saturated carbocycles. The Kier molecular flexibility index (Phi) is 3.30. The van der Waals surface area contributed by atoms with E-state index in [9.17, 15) is 5.11 Å². The SMILES string of the molecule is CC1(C(O)c2ccc(I)cc2)CNCN1. The van der Waals surface area contributed by atoms with E-state index in [2.05, 4.69) is 33.2 Å². The highest BCUT2D eigenvalue weighted by molar-refractivity contribution is 14.1. The number of halogens is 1. The zero-order chi connectivity index (χ0) is 10.9. The van der Waals surface area contributed by atoms with Crippen LogP contribution in [0.5, 0.6) is 0 Å². The third kappa shape index (κ3) is 2.33. The van der Waals surface area contributed by atoms with Gasteiger partial charge in [-0.2, -0.15) is 0 Å². The highest BCUT2D eigenvalue weighted by Crippen LogP contribution is 2.27. The molecule has 1 saturated heterocycles. The minimum Gasteiger partial charge on any atom is -0.386 e. The van der Waals surface area contributed by atoms with Crippen LogP contribution in [0.25, 0.3) is 0 Å². The average molecular weight is 318 g/mol. The summed E-state index contributed by atoms with van der Waals surface area (Å²) in [6.45, 7) is 3.59. The van der Waals surface area contributed by atoms with E-state index in [0.717, 1.165) is 18.8 Å². The molecule has 0 aliphatic carbocycles. The second-order valence-corrected chi connectivity index (χ2v) is 5.40. The number of aliphatic hydroxyl groups excluding tert-OH is 1. The molecule has 1 aliphatic rings. The molecule has 1 aliphatic heterocycles. The van der Waals surface area contributed by atoms with Gasteiger partial charge >= 0.3 is 0 Å². The van der Waals surface area contributed by atoms with E-state index in [1.54, 1.807) is 0 Å². The molecule has 0 radical (unpaired) electrons. The Morgan fingerprint density at radius 1 is 1.40 bits per heavy atom. The van der Waals surface area contributed by atoms with E-state index in [1.165, 1.54) is 3.57 Å². The predicted molar refractivity (Wildman–Crippen MR) is 68.5 cm³/mol. The maximum atomic E-state index is 10.3. The molecule has 1 fully saturated rings. The van der Waals surface area contributed by atoms with Gasteiger partial charge in [0.15, 0.2) is 0 Å². The van der Waals surface area contributed by atoms with E-state index in [0.29, 0.717) is 0 Å². The van der Waals surface area contributed by atoms with Gasteiger partial charge in [0, 0.05) is 16.8 Å². The van der Waals surface area contributed by atoms with Gasteiger partial charge in [0.1, 0.15) is 0 Å². The molecule has 2 rings (SSSR count). The zero-order valence-corrected chi connectivity index (χ0v) is 10.8. The molecule has 3 nitrogen and oxygen atoms in total. The molecule has 0 amide bonds. The van der Waals surface area contributed by atoms with Crippen LogP contribution in [0, 0.1) is 3.57 Å². The van der Waals surface area contributed by atoms with Crippen LogP contribution in [0.4, 0.5) is 0 Å². The van der Waals surface area contributed by atoms with Crippen molar-refractivity contribution in [3.05, 3.63) is 33.4 Å². The monoisotopic (exact) mass is 318 g/mol. The summed E-state index contributed by atoms with van der Waals surface area (Å²) < 4.78 is 1.19. The van der Waals surface area contributed by atoms with Crippen molar-refractivity contribution >= 4 is 22.6 Å². The molecule has 2 unspecified atom stereocenters. The smallest absolute Gasteiger partial charge is 0.0981 e. The molecule has 2 atom stereocenters. The first-order valence-electron chi connectivity index (χ1n) is 5.01. The minimum atomic E-state index is -0.468. The van der Waals surface area contributed by atoms with Crippen LogP contribution >= 0.6 is 22.6 Å². The van der Waals surface area contributed by atoms with Crippen molar-refractivity contribution in [2.75, 3.05) is 13.2 Å². The van der Waals surface area contributed by atoms with Gasteiger partial charge < -0.3 is 10.4 Å². The van der Waals surface area contributed by atoms with E-state index in [4.69, 9.17) is 0 Å². The number of hydrogen-bond donors (Lipinski definition) is 3. The Morgan fingerprint density at radius 2 is 2.07 bits per heavy atom. The van der Waals surface area contributed by atoms with Gasteiger partial charge in [-0.15, -0.1) is 0 Å². The van der Waals surface area contributed by atoms with E-state index in [1.807, 2.05) is 31.2 Å². The second kappa shape index (κ2) is 4.37. The first kappa shape index (κ1) is 11.3. The van der Waals surface area contributed by atoms with Crippen molar-refractivity contribution < 1.29 is 5.11 Å². The predicted octanol–water partition coefficient (Wildman–Crippen LogP) is 1.23. The summed E-state index contributed by atoms with van der Waals surface area (Å²) in [6.07, 6.45) is -0.468. The van der Waals surface area contributed by atoms with Crippen LogP contribution in [-0.2, 0) is 0 Å². The molecule has 3 N–H and O–H groups in total. The summed E-state index contributed by atoms with van der Waals surface area (Å²) in [4.78, 5) is 0. The van der Waals surface area contributed by atoms with Gasteiger partial charge in [-0.05, 0) is 47.2 Å². The molecule has 82 valence electrons. The maximum absolute atomic E-state index is 10.3. The molecule has 15 heavy (non-hydrogen) atoms. The lowest BCUT2D eigenvalue weighted by Crippen LogP contribution is -2.45. The zero-order valence-electron chi connectivity index (χ0n) is 8.63. The molecule has 1 aromatic carbocycles. The van der Waals surface area contributed by atoms with Crippen molar-refractivity contribution in [1.29, 1.82) is 0 Å². The van der Waals surface area contributed by atoms with Gasteiger partial charge in [-0.1, -0.05) is 12.1 Å². The molecular formula is C11H15IN2O. The fourth-order valence-corrected chi connectivity index (χ4v) is 2.21. The summed E-state index contributed by atoms with van der Waals surface area (Å²) in [7, 11) is 0. The number of aliphatic hydroxyl groups is 1. The van der Waals surface area contributed by atoms with Crippen LogP contribution in [0.2, 0.25) is 0 Å². The normalized spacial score (nSPS) is 27.9. The van der Waals surface area contributed by atoms with Crippen molar-refractivity contribution in [2.45, 2.75) is 18.6 Å². The van der Waals surface area contributed by atoms with E-state index < -0.39 is 6.10 Å². The van der Waals surface area contributed by atoms with Crippen molar-refractivity contribution in [3.8, 4) is 0 Å². The summed E-state index contributed by atoms with van der Waals surface area (Å²) in [6, 6.07) is 8.01. The lowest BCUT2D eigenvalue weighted by atomic mass is 9.90. The molecule has 1 aromatic rings. The van der Waals surface area contributed by atoms with Gasteiger partial charge in [0.05, 0.1) is 11.6 Å². The van der Waals surface area contributed by atoms with Gasteiger partial charge in [0.2, 0.25) is 0 Å². The van der Waals surface area contributed by atoms with Crippen LogP contribution in [0.3, 0.4) is 0 Å². The highest BCUT2D eigenvalue weighted by Gasteiger charge is 2.36. The first-order chi connectivity index (χ1) is 7.12. The highest BCUT2D eigenvalue weighted by atomic mass is 127. The lowest BCUT2D eigenvalue weighted by molar-refractivity contribution is 0.0885. The third-order valence-electron chi connectivity index (χ3n) is 2.90. The van der Waals surface area contributed by atoms with E-state index in [-0.39, 0.29) is 5.54 Å². The molecule has 0 aromatic heterocycles. The quantitative estimate of drug-likeness (QED) is 0.719. The Labute approximate surface area is 103 Å². The standard InChI is InChI=1S/C11H15IN2O/c1-11(6-13-7-14-11)10(15)8-2-4-9(12)5-3-8/h2-5,10,13-15H,6-7H2,1H3. The maximum Gasteiger partial charge on any atom is 0.0981 e. The van der Waals surface area contributed by atoms with Crippen molar-refractivity contribution in [1.82, 2.24) is 10.6 Å². The summed E-state index contributed by atoms with van der Waals surface area (Å²) in [5, 5.41) is 16.8. The Balaban J connectivity index is 2.19. The van der Waals surface area contributed by atoms with Gasteiger partial charge in [0.25, 0.3) is 0 Å². The lowest BCUT2D eigenvalue weighted by Gasteiger charge is -2.29. The van der Waals surface area contributed by atoms with Crippen LogP contribution in [0.1, 0.15) is 18.6 Å². The summed E-state index contributed by atoms with van der Waals surface area (Å²) in [5.41, 5.74) is 0.710. The summed E-state index contributed by atoms with van der Waals surface area (Å²) >= 11 is 2.26. The second-order valence-electron chi connectivity index (χ2n) is 4.15. The molecule has 1 heterocycles. The third-order valence-corrected chi connectivity index (χ3v) is 3.62. The van der Waals surface area contributed by atoms with Crippen LogP contribution in [0.15, 0.2) is 24.3 Å². The molecular weight excluding hydrogens is 303 g/mol. The summed E-state index contributed by atoms with van der Waals surface area (Å²) in [5.74, 6) is 0. The fourth-order valence-electron chi connectivity index (χ4n) is 1.86. The Hall–Kier alpha value is -0.170. The number of hydrogen-bond acceptors (Lipinski definition) is 3. The largest absolute Gasteiger partial charge is 0.386 e. The molecule has 0 bridgehead atoms. The molecule has 4 heteroatoms. The van der Waals surface area contributed by atoms with Crippen molar-refractivity contribution in [3.63, 3.8) is 0 Å². The fraction of sp³-hybridized carbons (Fsp3) is 0.455. The van der Waals surface area contributed by atoms with Crippen LogP contribution in [-0.4, -0.2) is 23.9 Å². The van der Waals surface area contributed by atoms with Crippen molar-refractivity contribution in [2.24, 2.45) is 0 Å². The Morgan fingerprint density at radius 3 is 2.60 bits per heavy atom. The molecule has 0 spiro atoms. The first-order valence-corrected chi connectivity index (χ1v) is 6.09. The van der Waals surface area contributed by atoms with Gasteiger partial charge in [-0.25, -0.2) is 0 Å².